The van der Waals surface area contributed by atoms with Gasteiger partial charge in [0, 0.05) is 24.7 Å². The first-order valence-corrected chi connectivity index (χ1v) is 5.05. The molecule has 0 atom stereocenters. The fraction of sp³-hybridized carbons (Fsp3) is 0.444. The summed E-state index contributed by atoms with van der Waals surface area (Å²) in [5.74, 6) is 0. The molecule has 66 valence electrons. The van der Waals surface area contributed by atoms with E-state index >= 15 is 0 Å². The van der Waals surface area contributed by atoms with Gasteiger partial charge in [0.25, 0.3) is 0 Å². The van der Waals surface area contributed by atoms with Crippen molar-refractivity contribution in [2.24, 2.45) is 0 Å². The molecule has 1 aromatic heterocycles. The summed E-state index contributed by atoms with van der Waals surface area (Å²) in [5, 5.41) is 0. The van der Waals surface area contributed by atoms with E-state index in [-0.39, 0.29) is 0 Å². The predicted molar refractivity (Wildman–Crippen MR) is 55.1 cm³/mol. The number of nitrogens with zero attached hydrogens (tertiary/aromatic N) is 2. The van der Waals surface area contributed by atoms with E-state index in [1.807, 2.05) is 27.2 Å². The van der Waals surface area contributed by atoms with Crippen LogP contribution in [-0.2, 0) is 0 Å². The molecule has 0 aliphatic rings. The van der Waals surface area contributed by atoms with Crippen molar-refractivity contribution in [3.05, 3.63) is 18.0 Å². The minimum absolute atomic E-state index is 1.07. The molecule has 0 amide bonds. The number of pyridine rings is 1. The Labute approximate surface area is 78.0 Å². The maximum Gasteiger partial charge on any atom is 0.0685 e. The van der Waals surface area contributed by atoms with Crippen LogP contribution in [0.5, 0.6) is 0 Å². The Morgan fingerprint density at radius 2 is 2.08 bits per heavy atom. The predicted octanol–water partition coefficient (Wildman–Crippen LogP) is 2.18. The van der Waals surface area contributed by atoms with Crippen molar-refractivity contribution in [1.82, 2.24) is 4.98 Å². The van der Waals surface area contributed by atoms with Crippen molar-refractivity contribution in [2.75, 3.05) is 25.3 Å². The van der Waals surface area contributed by atoms with Gasteiger partial charge in [-0.15, -0.1) is 11.8 Å². The van der Waals surface area contributed by atoms with Crippen LogP contribution in [0, 0.1) is 6.92 Å². The molecule has 0 aliphatic carbocycles. The molecular formula is C9H14N2S. The molecule has 3 heteroatoms. The highest BCUT2D eigenvalue weighted by Gasteiger charge is 2.03. The largest absolute Gasteiger partial charge is 0.376 e. The van der Waals surface area contributed by atoms with E-state index in [1.165, 1.54) is 10.6 Å². The van der Waals surface area contributed by atoms with Crippen LogP contribution < -0.4 is 4.90 Å². The Bertz CT molecular complexity index is 271. The van der Waals surface area contributed by atoms with Crippen molar-refractivity contribution in [1.29, 1.82) is 0 Å². The van der Waals surface area contributed by atoms with Crippen LogP contribution in [0.25, 0.3) is 0 Å². The van der Waals surface area contributed by atoms with Gasteiger partial charge in [-0.25, -0.2) is 0 Å². The summed E-state index contributed by atoms with van der Waals surface area (Å²) in [5.41, 5.74) is 2.26. The molecule has 1 rings (SSSR count). The zero-order valence-corrected chi connectivity index (χ0v) is 8.77. The molecule has 0 fully saturated rings. The molecule has 0 N–H and O–H groups in total. The van der Waals surface area contributed by atoms with Gasteiger partial charge in [0.2, 0.25) is 0 Å². The molecule has 1 aromatic rings. The minimum atomic E-state index is 1.07. The quantitative estimate of drug-likeness (QED) is 0.652. The van der Waals surface area contributed by atoms with Crippen molar-refractivity contribution in [3.8, 4) is 0 Å². The lowest BCUT2D eigenvalue weighted by Gasteiger charge is -2.15. The molecule has 0 bridgehead atoms. The molecule has 0 radical (unpaired) electrons. The minimum Gasteiger partial charge on any atom is -0.376 e. The zero-order valence-electron chi connectivity index (χ0n) is 7.96. The van der Waals surface area contributed by atoms with E-state index in [9.17, 15) is 0 Å². The number of anilines is 1. The highest BCUT2D eigenvalue weighted by atomic mass is 32.2. The first kappa shape index (κ1) is 9.39. The first-order chi connectivity index (χ1) is 5.65. The summed E-state index contributed by atoms with van der Waals surface area (Å²) in [7, 11) is 4.07. The van der Waals surface area contributed by atoms with E-state index in [1.54, 1.807) is 11.8 Å². The Hall–Kier alpha value is -0.700. The van der Waals surface area contributed by atoms with Crippen LogP contribution in [0.3, 0.4) is 0 Å². The Kier molecular flexibility index (Phi) is 2.98. The van der Waals surface area contributed by atoms with Gasteiger partial charge in [-0.2, -0.15) is 0 Å². The standard InChI is InChI=1S/C9H14N2S/c1-7-5-9(12-4)8(6-10-7)11(2)3/h5-6H,1-4H3. The first-order valence-electron chi connectivity index (χ1n) is 3.83. The van der Waals surface area contributed by atoms with E-state index < -0.39 is 0 Å². The summed E-state index contributed by atoms with van der Waals surface area (Å²) in [6.45, 7) is 2.01. The third-order valence-corrected chi connectivity index (χ3v) is 2.45. The number of thioether (sulfide) groups is 1. The van der Waals surface area contributed by atoms with Crippen LogP contribution in [0.2, 0.25) is 0 Å². The van der Waals surface area contributed by atoms with Gasteiger partial charge in [-0.05, 0) is 19.2 Å². The Morgan fingerprint density at radius 1 is 1.42 bits per heavy atom. The topological polar surface area (TPSA) is 16.1 Å². The van der Waals surface area contributed by atoms with Crippen LogP contribution in [-0.4, -0.2) is 25.3 Å². The van der Waals surface area contributed by atoms with Gasteiger partial charge < -0.3 is 4.90 Å². The molecule has 0 aromatic carbocycles. The molecule has 12 heavy (non-hydrogen) atoms. The van der Waals surface area contributed by atoms with Gasteiger partial charge >= 0.3 is 0 Å². The van der Waals surface area contributed by atoms with Crippen molar-refractivity contribution in [2.45, 2.75) is 11.8 Å². The average Bonchev–Trinajstić information content (AvgIpc) is 2.03. The second kappa shape index (κ2) is 3.81. The van der Waals surface area contributed by atoms with Crippen LogP contribution in [0.4, 0.5) is 5.69 Å². The zero-order chi connectivity index (χ0) is 9.14. The fourth-order valence-corrected chi connectivity index (χ4v) is 1.76. The molecule has 0 saturated carbocycles. The molecule has 0 unspecified atom stereocenters. The van der Waals surface area contributed by atoms with Gasteiger partial charge in [0.15, 0.2) is 0 Å². The van der Waals surface area contributed by atoms with Crippen molar-refractivity contribution in [3.63, 3.8) is 0 Å². The fourth-order valence-electron chi connectivity index (χ4n) is 1.03. The van der Waals surface area contributed by atoms with Crippen molar-refractivity contribution >= 4 is 17.4 Å². The van der Waals surface area contributed by atoms with Gasteiger partial charge in [0.05, 0.1) is 11.9 Å². The van der Waals surface area contributed by atoms with Crippen LogP contribution in [0.1, 0.15) is 5.69 Å². The number of aryl methyl sites for hydroxylation is 1. The van der Waals surface area contributed by atoms with Crippen LogP contribution in [0.15, 0.2) is 17.2 Å². The molecule has 0 aliphatic heterocycles. The lowest BCUT2D eigenvalue weighted by Crippen LogP contribution is -2.10. The average molecular weight is 182 g/mol. The van der Waals surface area contributed by atoms with Crippen molar-refractivity contribution < 1.29 is 0 Å². The lowest BCUT2D eigenvalue weighted by atomic mass is 10.3. The van der Waals surface area contributed by atoms with E-state index in [0.717, 1.165) is 5.69 Å². The number of rotatable bonds is 2. The third kappa shape index (κ3) is 1.91. The summed E-state index contributed by atoms with van der Waals surface area (Å²) in [4.78, 5) is 7.62. The van der Waals surface area contributed by atoms with Gasteiger partial charge in [0.1, 0.15) is 0 Å². The molecular weight excluding hydrogens is 168 g/mol. The summed E-state index contributed by atoms with van der Waals surface area (Å²) in [6, 6.07) is 2.11. The second-order valence-corrected chi connectivity index (χ2v) is 3.74. The Morgan fingerprint density at radius 3 is 2.58 bits per heavy atom. The number of hydrogen-bond acceptors (Lipinski definition) is 3. The highest BCUT2D eigenvalue weighted by Crippen LogP contribution is 2.26. The summed E-state index contributed by atoms with van der Waals surface area (Å²) in [6.07, 6.45) is 4.00. The SMILES string of the molecule is CSc1cc(C)ncc1N(C)C. The lowest BCUT2D eigenvalue weighted by molar-refractivity contribution is 1.05. The van der Waals surface area contributed by atoms with E-state index in [4.69, 9.17) is 0 Å². The van der Waals surface area contributed by atoms with Crippen LogP contribution >= 0.6 is 11.8 Å². The van der Waals surface area contributed by atoms with Gasteiger partial charge in [-0.1, -0.05) is 0 Å². The van der Waals surface area contributed by atoms with Gasteiger partial charge in [-0.3, -0.25) is 4.98 Å². The highest BCUT2D eigenvalue weighted by molar-refractivity contribution is 7.98. The van der Waals surface area contributed by atoms with E-state index in [2.05, 4.69) is 22.2 Å². The maximum atomic E-state index is 4.25. The number of aromatic nitrogens is 1. The normalized spacial score (nSPS) is 10.0. The number of hydrogen-bond donors (Lipinski definition) is 0. The molecule has 0 saturated heterocycles. The molecule has 2 nitrogen and oxygen atoms in total. The van der Waals surface area contributed by atoms with E-state index in [0.29, 0.717) is 0 Å². The summed E-state index contributed by atoms with van der Waals surface area (Å²) < 4.78 is 0. The smallest absolute Gasteiger partial charge is 0.0685 e. The second-order valence-electron chi connectivity index (χ2n) is 2.89. The molecule has 0 spiro atoms. The maximum absolute atomic E-state index is 4.25. The molecule has 1 heterocycles. The third-order valence-electron chi connectivity index (χ3n) is 1.68. The monoisotopic (exact) mass is 182 g/mol. The summed E-state index contributed by atoms with van der Waals surface area (Å²) >= 11 is 1.76. The Balaban J connectivity index is 3.11.